The SMILES string of the molecule is CCC(C)c1ccc(CC(C)C)cc1.CCC(C)c1cccc(CC(C)C)c1.CCC(C)c1ccccc1CC(C)C. The Kier molecular flexibility index (Phi) is 18.4. The summed E-state index contributed by atoms with van der Waals surface area (Å²) in [6, 6.07) is 27.1. The summed E-state index contributed by atoms with van der Waals surface area (Å²) >= 11 is 0. The van der Waals surface area contributed by atoms with Crippen LogP contribution in [0.5, 0.6) is 0 Å². The summed E-state index contributed by atoms with van der Waals surface area (Å²) in [5.74, 6) is 4.35. The fourth-order valence-corrected chi connectivity index (χ4v) is 5.28. The van der Waals surface area contributed by atoms with Gasteiger partial charge in [-0.3, -0.25) is 0 Å². The standard InChI is InChI=1S/3C14H22/c1-5-12(4)14-8-6-13(7-9-14)10-11(2)3;1-5-12(4)14-8-6-7-13(10-14)9-11(2)3;1-5-12(4)14-9-7-6-8-13(14)10-11(2)3/h6-9,11-12H,5,10H2,1-4H3;6-8,10-12H,5,9H2,1-4H3;6-9,11-12H,5,10H2,1-4H3. The molecule has 0 nitrogen and oxygen atoms in total. The molecule has 3 aromatic carbocycles. The zero-order chi connectivity index (χ0) is 31.7. The number of hydrogen-bond donors (Lipinski definition) is 0. The van der Waals surface area contributed by atoms with Gasteiger partial charge < -0.3 is 0 Å². The van der Waals surface area contributed by atoms with E-state index >= 15 is 0 Å². The van der Waals surface area contributed by atoms with Gasteiger partial charge in [-0.2, -0.15) is 0 Å². The summed E-state index contributed by atoms with van der Waals surface area (Å²) < 4.78 is 0. The van der Waals surface area contributed by atoms with E-state index < -0.39 is 0 Å². The Labute approximate surface area is 262 Å². The smallest absolute Gasteiger partial charge is 0.0190 e. The molecule has 3 aromatic rings. The molecule has 0 saturated carbocycles. The highest BCUT2D eigenvalue weighted by molar-refractivity contribution is 5.30. The van der Waals surface area contributed by atoms with Crippen LogP contribution in [0, 0.1) is 17.8 Å². The van der Waals surface area contributed by atoms with E-state index in [9.17, 15) is 0 Å². The third-order valence-electron chi connectivity index (χ3n) is 8.41. The maximum absolute atomic E-state index is 2.37. The fraction of sp³-hybridized carbons (Fsp3) is 0.571. The van der Waals surface area contributed by atoms with Crippen molar-refractivity contribution < 1.29 is 0 Å². The van der Waals surface area contributed by atoms with E-state index in [2.05, 4.69) is 156 Å². The minimum absolute atomic E-state index is 0.696. The Morgan fingerprint density at radius 3 is 1.45 bits per heavy atom. The van der Waals surface area contributed by atoms with Gasteiger partial charge in [0, 0.05) is 0 Å². The second kappa shape index (κ2) is 20.5. The average molecular weight is 571 g/mol. The van der Waals surface area contributed by atoms with Crippen LogP contribution in [-0.2, 0) is 19.3 Å². The fourth-order valence-electron chi connectivity index (χ4n) is 5.28. The van der Waals surface area contributed by atoms with Crippen LogP contribution in [0.3, 0.4) is 0 Å². The van der Waals surface area contributed by atoms with Gasteiger partial charge in [0.15, 0.2) is 0 Å². The zero-order valence-corrected chi connectivity index (χ0v) is 29.6. The topological polar surface area (TPSA) is 0 Å². The highest BCUT2D eigenvalue weighted by Gasteiger charge is 2.09. The highest BCUT2D eigenvalue weighted by atomic mass is 14.1. The van der Waals surface area contributed by atoms with E-state index in [-0.39, 0.29) is 0 Å². The van der Waals surface area contributed by atoms with Crippen LogP contribution in [0.25, 0.3) is 0 Å². The molecular weight excluding hydrogens is 504 g/mol. The van der Waals surface area contributed by atoms with Gasteiger partial charge >= 0.3 is 0 Å². The second-order valence-electron chi connectivity index (χ2n) is 13.9. The molecule has 3 atom stereocenters. The molecule has 0 fully saturated rings. The lowest BCUT2D eigenvalue weighted by atomic mass is 9.90. The molecule has 0 heterocycles. The largest absolute Gasteiger partial charge is 0.0648 e. The lowest BCUT2D eigenvalue weighted by molar-refractivity contribution is 0.631. The lowest BCUT2D eigenvalue weighted by Gasteiger charge is -2.16. The van der Waals surface area contributed by atoms with E-state index in [1.807, 2.05) is 0 Å². The van der Waals surface area contributed by atoms with Crippen molar-refractivity contribution >= 4 is 0 Å². The Bertz CT molecular complexity index is 1090. The molecule has 0 aliphatic carbocycles. The van der Waals surface area contributed by atoms with Crippen molar-refractivity contribution in [1.82, 2.24) is 0 Å². The van der Waals surface area contributed by atoms with Crippen molar-refractivity contribution in [2.45, 2.75) is 139 Å². The number of hydrogen-bond acceptors (Lipinski definition) is 0. The van der Waals surface area contributed by atoms with Crippen molar-refractivity contribution in [1.29, 1.82) is 0 Å². The van der Waals surface area contributed by atoms with Crippen LogP contribution in [0.1, 0.15) is 153 Å². The van der Waals surface area contributed by atoms with Gasteiger partial charge in [-0.05, 0) is 107 Å². The van der Waals surface area contributed by atoms with Gasteiger partial charge in [0.05, 0.1) is 0 Å². The molecule has 0 heteroatoms. The molecule has 3 unspecified atom stereocenters. The normalized spacial score (nSPS) is 13.2. The van der Waals surface area contributed by atoms with Gasteiger partial charge in [-0.15, -0.1) is 0 Å². The minimum atomic E-state index is 0.696. The molecule has 0 bridgehead atoms. The zero-order valence-electron chi connectivity index (χ0n) is 29.6. The van der Waals surface area contributed by atoms with Gasteiger partial charge in [-0.25, -0.2) is 0 Å². The quantitative estimate of drug-likeness (QED) is 0.203. The molecule has 0 radical (unpaired) electrons. The first-order valence-electron chi connectivity index (χ1n) is 17.2. The predicted molar refractivity (Wildman–Crippen MR) is 191 cm³/mol. The van der Waals surface area contributed by atoms with Crippen LogP contribution < -0.4 is 0 Å². The monoisotopic (exact) mass is 571 g/mol. The first-order chi connectivity index (χ1) is 19.9. The first-order valence-corrected chi connectivity index (χ1v) is 17.2. The Hall–Kier alpha value is -2.34. The van der Waals surface area contributed by atoms with Crippen molar-refractivity contribution in [2.75, 3.05) is 0 Å². The van der Waals surface area contributed by atoms with Crippen molar-refractivity contribution in [3.63, 3.8) is 0 Å². The summed E-state index contributed by atoms with van der Waals surface area (Å²) in [6.45, 7) is 27.3. The van der Waals surface area contributed by atoms with Gasteiger partial charge in [-0.1, -0.05) is 156 Å². The number of benzene rings is 3. The molecule has 0 spiro atoms. The van der Waals surface area contributed by atoms with Crippen LogP contribution in [0.15, 0.2) is 72.8 Å². The molecule has 42 heavy (non-hydrogen) atoms. The summed E-state index contributed by atoms with van der Waals surface area (Å²) in [5, 5.41) is 0. The van der Waals surface area contributed by atoms with Crippen LogP contribution in [-0.4, -0.2) is 0 Å². The Morgan fingerprint density at radius 2 is 0.929 bits per heavy atom. The minimum Gasteiger partial charge on any atom is -0.0648 e. The maximum atomic E-state index is 2.37. The maximum Gasteiger partial charge on any atom is -0.0190 e. The number of rotatable bonds is 12. The molecule has 0 aliphatic heterocycles. The molecule has 3 rings (SSSR count). The highest BCUT2D eigenvalue weighted by Crippen LogP contribution is 2.25. The molecule has 0 N–H and O–H groups in total. The van der Waals surface area contributed by atoms with Crippen LogP contribution in [0.4, 0.5) is 0 Å². The Morgan fingerprint density at radius 1 is 0.429 bits per heavy atom. The van der Waals surface area contributed by atoms with E-state index in [0.717, 1.165) is 17.8 Å². The summed E-state index contributed by atoms with van der Waals surface area (Å²) in [7, 11) is 0. The summed E-state index contributed by atoms with van der Waals surface area (Å²) in [4.78, 5) is 0. The second-order valence-corrected chi connectivity index (χ2v) is 13.9. The van der Waals surface area contributed by atoms with E-state index in [4.69, 9.17) is 0 Å². The third kappa shape index (κ3) is 14.7. The van der Waals surface area contributed by atoms with Crippen LogP contribution in [0.2, 0.25) is 0 Å². The molecular formula is C42H66. The van der Waals surface area contributed by atoms with Gasteiger partial charge in [0.2, 0.25) is 0 Å². The van der Waals surface area contributed by atoms with Crippen molar-refractivity contribution in [3.8, 4) is 0 Å². The van der Waals surface area contributed by atoms with Gasteiger partial charge in [0.1, 0.15) is 0 Å². The van der Waals surface area contributed by atoms with E-state index in [0.29, 0.717) is 17.8 Å². The van der Waals surface area contributed by atoms with E-state index in [1.165, 1.54) is 66.3 Å². The van der Waals surface area contributed by atoms with Crippen molar-refractivity contribution in [2.24, 2.45) is 17.8 Å². The summed E-state index contributed by atoms with van der Waals surface area (Å²) in [5.41, 5.74) is 9.00. The predicted octanol–water partition coefficient (Wildman–Crippen LogP) is 13.2. The van der Waals surface area contributed by atoms with Gasteiger partial charge in [0.25, 0.3) is 0 Å². The van der Waals surface area contributed by atoms with Crippen molar-refractivity contribution in [3.05, 3.63) is 106 Å². The third-order valence-corrected chi connectivity index (χ3v) is 8.41. The average Bonchev–Trinajstić information content (AvgIpc) is 2.96. The molecule has 234 valence electrons. The van der Waals surface area contributed by atoms with Crippen LogP contribution >= 0.6 is 0 Å². The Balaban J connectivity index is 0.000000315. The molecule has 0 amide bonds. The molecule has 0 aromatic heterocycles. The van der Waals surface area contributed by atoms with E-state index in [1.54, 1.807) is 5.56 Å². The lowest BCUT2D eigenvalue weighted by Crippen LogP contribution is -2.01. The molecule has 0 aliphatic rings. The summed E-state index contributed by atoms with van der Waals surface area (Å²) in [6.07, 6.45) is 7.29. The first kappa shape index (κ1) is 37.7. The molecule has 0 saturated heterocycles.